The van der Waals surface area contributed by atoms with Crippen molar-refractivity contribution >= 4 is 23.2 Å². The molecule has 0 bridgehead atoms. The van der Waals surface area contributed by atoms with Gasteiger partial charge in [-0.1, -0.05) is 35.6 Å². The first-order valence-electron chi connectivity index (χ1n) is 9.07. The smallest absolute Gasteiger partial charge is 0.271 e. The first kappa shape index (κ1) is 19.0. The Morgan fingerprint density at radius 3 is 2.72 bits per heavy atom. The topological polar surface area (TPSA) is 73.6 Å². The first-order valence-corrected chi connectivity index (χ1v) is 9.89. The van der Waals surface area contributed by atoms with E-state index in [0.29, 0.717) is 26.4 Å². The van der Waals surface area contributed by atoms with Crippen molar-refractivity contribution < 1.29 is 9.53 Å². The molecule has 0 fully saturated rings. The molecule has 0 radical (unpaired) electrons. The Bertz CT molecular complexity index is 1300. The summed E-state index contributed by atoms with van der Waals surface area (Å²) in [5, 5.41) is 0. The van der Waals surface area contributed by atoms with Crippen molar-refractivity contribution in [2.45, 2.75) is 19.9 Å². The number of nitrogens with zero attached hydrogens (tertiary/aromatic N) is 3. The number of hydrogen-bond acceptors (Lipinski definition) is 6. The Hall–Kier alpha value is -3.32. The van der Waals surface area contributed by atoms with Crippen molar-refractivity contribution in [2.75, 3.05) is 7.11 Å². The Labute approximate surface area is 171 Å². The van der Waals surface area contributed by atoms with Gasteiger partial charge in [-0.05, 0) is 37.6 Å². The maximum atomic E-state index is 13.4. The van der Waals surface area contributed by atoms with Crippen LogP contribution in [0.1, 0.15) is 31.0 Å². The molecule has 29 heavy (non-hydrogen) atoms. The highest BCUT2D eigenvalue weighted by molar-refractivity contribution is 7.07. The lowest BCUT2D eigenvalue weighted by Gasteiger charge is -2.25. The van der Waals surface area contributed by atoms with Crippen LogP contribution in [0.15, 0.2) is 69.8 Å². The van der Waals surface area contributed by atoms with Crippen molar-refractivity contribution in [2.24, 2.45) is 4.99 Å². The molecular formula is C22H19N3O3S. The number of fused-ring (bicyclic) bond motifs is 1. The zero-order chi connectivity index (χ0) is 20.5. The standard InChI is InChI=1S/C22H19N3O3S/c1-13-19(14(2)26)20(16-8-4-5-9-17(16)28-3)25-21(27)18(29-22(25)24-13)11-15-7-6-10-23-12-15/h4-12,20H,1-3H3/b18-11-/t20-/m1/s1. The first-order chi connectivity index (χ1) is 14.0. The van der Waals surface area contributed by atoms with Crippen LogP contribution >= 0.6 is 11.3 Å². The second kappa shape index (κ2) is 7.60. The number of thiazole rings is 1. The third kappa shape index (κ3) is 3.34. The van der Waals surface area contributed by atoms with E-state index in [1.807, 2.05) is 36.4 Å². The SMILES string of the molecule is COc1ccccc1[C@@H]1C(C(C)=O)=C(C)N=c2s/c(=C\c3cccnc3)c(=O)n21. The Morgan fingerprint density at radius 2 is 2.03 bits per heavy atom. The normalized spacial score (nSPS) is 16.4. The van der Waals surface area contributed by atoms with E-state index in [2.05, 4.69) is 9.98 Å². The summed E-state index contributed by atoms with van der Waals surface area (Å²) in [5.74, 6) is 0.497. The Balaban J connectivity index is 2.03. The molecule has 3 aromatic rings. The number of rotatable bonds is 4. The van der Waals surface area contributed by atoms with Crippen molar-refractivity contribution in [3.05, 3.63) is 90.9 Å². The fraction of sp³-hybridized carbons (Fsp3) is 0.182. The number of allylic oxidation sites excluding steroid dienone is 2. The van der Waals surface area contributed by atoms with E-state index >= 15 is 0 Å². The van der Waals surface area contributed by atoms with Gasteiger partial charge in [0.15, 0.2) is 10.6 Å². The minimum absolute atomic E-state index is 0.122. The molecule has 1 atom stereocenters. The van der Waals surface area contributed by atoms with Gasteiger partial charge in [0.1, 0.15) is 5.75 Å². The molecule has 7 heteroatoms. The Kier molecular flexibility index (Phi) is 4.98. The number of methoxy groups -OCH3 is 1. The molecule has 4 rings (SSSR count). The number of carbonyl (C=O) groups is 1. The molecular weight excluding hydrogens is 386 g/mol. The molecule has 3 heterocycles. The summed E-state index contributed by atoms with van der Waals surface area (Å²) in [6, 6.07) is 10.6. The lowest BCUT2D eigenvalue weighted by Crippen LogP contribution is -2.39. The molecule has 1 aromatic carbocycles. The molecule has 0 saturated heterocycles. The second-order valence-electron chi connectivity index (χ2n) is 6.67. The van der Waals surface area contributed by atoms with Crippen LogP contribution < -0.4 is 19.6 Å². The summed E-state index contributed by atoms with van der Waals surface area (Å²) in [7, 11) is 1.58. The largest absolute Gasteiger partial charge is 0.496 e. The van der Waals surface area contributed by atoms with Crippen LogP contribution in [-0.4, -0.2) is 22.4 Å². The van der Waals surface area contributed by atoms with Crippen LogP contribution in [-0.2, 0) is 4.79 Å². The maximum Gasteiger partial charge on any atom is 0.271 e. The molecule has 1 aliphatic rings. The van der Waals surface area contributed by atoms with E-state index in [0.717, 1.165) is 11.1 Å². The van der Waals surface area contributed by atoms with Crippen LogP contribution in [0.4, 0.5) is 0 Å². The highest BCUT2D eigenvalue weighted by atomic mass is 32.1. The van der Waals surface area contributed by atoms with E-state index in [1.54, 1.807) is 37.1 Å². The number of aromatic nitrogens is 2. The molecule has 1 aliphatic heterocycles. The summed E-state index contributed by atoms with van der Waals surface area (Å²) >= 11 is 1.30. The lowest BCUT2D eigenvalue weighted by atomic mass is 9.93. The van der Waals surface area contributed by atoms with Gasteiger partial charge in [-0.2, -0.15) is 0 Å². The molecule has 0 N–H and O–H groups in total. The summed E-state index contributed by atoms with van der Waals surface area (Å²) < 4.78 is 7.65. The summed E-state index contributed by atoms with van der Waals surface area (Å²) in [4.78, 5) is 35.1. The number of ketones is 1. The van der Waals surface area contributed by atoms with E-state index < -0.39 is 6.04 Å². The molecule has 0 amide bonds. The molecule has 0 aliphatic carbocycles. The van der Waals surface area contributed by atoms with E-state index in [9.17, 15) is 9.59 Å². The number of pyridine rings is 1. The fourth-order valence-corrected chi connectivity index (χ4v) is 4.62. The van der Waals surface area contributed by atoms with E-state index in [1.165, 1.54) is 18.3 Å². The molecule has 146 valence electrons. The lowest BCUT2D eigenvalue weighted by molar-refractivity contribution is -0.114. The number of para-hydroxylation sites is 1. The molecule has 6 nitrogen and oxygen atoms in total. The van der Waals surface area contributed by atoms with Crippen molar-refractivity contribution in [1.82, 2.24) is 9.55 Å². The van der Waals surface area contributed by atoms with Crippen LogP contribution in [0.25, 0.3) is 6.08 Å². The van der Waals surface area contributed by atoms with Gasteiger partial charge < -0.3 is 4.74 Å². The summed E-state index contributed by atoms with van der Waals surface area (Å²) in [5.41, 5.74) is 2.50. The summed E-state index contributed by atoms with van der Waals surface area (Å²) in [6.45, 7) is 3.30. The number of benzene rings is 1. The van der Waals surface area contributed by atoms with Gasteiger partial charge in [0.05, 0.1) is 17.7 Å². The van der Waals surface area contributed by atoms with Gasteiger partial charge in [0.25, 0.3) is 5.56 Å². The average Bonchev–Trinajstić information content (AvgIpc) is 3.02. The fourth-order valence-electron chi connectivity index (χ4n) is 3.57. The van der Waals surface area contributed by atoms with Crippen molar-refractivity contribution in [1.29, 1.82) is 0 Å². The number of hydrogen-bond donors (Lipinski definition) is 0. The van der Waals surface area contributed by atoms with Crippen LogP contribution in [0.5, 0.6) is 5.75 Å². The van der Waals surface area contributed by atoms with Gasteiger partial charge in [-0.3, -0.25) is 19.1 Å². The quantitative estimate of drug-likeness (QED) is 0.667. The van der Waals surface area contributed by atoms with Gasteiger partial charge in [0, 0.05) is 29.2 Å². The number of carbonyl (C=O) groups excluding carboxylic acids is 1. The zero-order valence-electron chi connectivity index (χ0n) is 16.2. The molecule has 0 saturated carbocycles. The van der Waals surface area contributed by atoms with Crippen molar-refractivity contribution in [3.8, 4) is 5.75 Å². The van der Waals surface area contributed by atoms with Gasteiger partial charge in [-0.15, -0.1) is 0 Å². The monoisotopic (exact) mass is 405 g/mol. The highest BCUT2D eigenvalue weighted by Crippen LogP contribution is 2.35. The van der Waals surface area contributed by atoms with Crippen LogP contribution in [0.3, 0.4) is 0 Å². The predicted octanol–water partition coefficient (Wildman–Crippen LogP) is 2.23. The second-order valence-corrected chi connectivity index (χ2v) is 7.68. The zero-order valence-corrected chi connectivity index (χ0v) is 17.1. The minimum Gasteiger partial charge on any atom is -0.496 e. The van der Waals surface area contributed by atoms with Gasteiger partial charge in [-0.25, -0.2) is 4.99 Å². The predicted molar refractivity (Wildman–Crippen MR) is 112 cm³/mol. The van der Waals surface area contributed by atoms with Gasteiger partial charge >= 0.3 is 0 Å². The van der Waals surface area contributed by atoms with Crippen LogP contribution in [0, 0.1) is 0 Å². The molecule has 2 aromatic heterocycles. The maximum absolute atomic E-state index is 13.4. The highest BCUT2D eigenvalue weighted by Gasteiger charge is 2.32. The van der Waals surface area contributed by atoms with E-state index in [4.69, 9.17) is 4.74 Å². The number of Topliss-reactive ketones (excluding diaryl/α,β-unsaturated/α-hetero) is 1. The third-order valence-electron chi connectivity index (χ3n) is 4.82. The third-order valence-corrected chi connectivity index (χ3v) is 5.80. The number of ether oxygens (including phenoxy) is 1. The Morgan fingerprint density at radius 1 is 1.24 bits per heavy atom. The van der Waals surface area contributed by atoms with E-state index in [-0.39, 0.29) is 11.3 Å². The van der Waals surface area contributed by atoms with Crippen LogP contribution in [0.2, 0.25) is 0 Å². The average molecular weight is 405 g/mol. The van der Waals surface area contributed by atoms with Crippen molar-refractivity contribution in [3.63, 3.8) is 0 Å². The van der Waals surface area contributed by atoms with Gasteiger partial charge in [0.2, 0.25) is 0 Å². The molecule has 0 spiro atoms. The summed E-state index contributed by atoms with van der Waals surface area (Å²) in [6.07, 6.45) is 5.17. The molecule has 0 unspecified atom stereocenters. The minimum atomic E-state index is -0.587.